The van der Waals surface area contributed by atoms with E-state index in [0.29, 0.717) is 6.54 Å². The molecule has 1 aliphatic heterocycles. The molecule has 1 saturated heterocycles. The zero-order valence-corrected chi connectivity index (χ0v) is 18.1. The number of nitrogens with one attached hydrogen (secondary N) is 1. The number of anilines is 2. The third kappa shape index (κ3) is 6.31. The van der Waals surface area contributed by atoms with Gasteiger partial charge in [0.25, 0.3) is 0 Å². The summed E-state index contributed by atoms with van der Waals surface area (Å²) in [5, 5.41) is 2.99. The molecule has 1 amide bonds. The van der Waals surface area contributed by atoms with Crippen LogP contribution in [-0.2, 0) is 21.5 Å². The number of rotatable bonds is 6. The molecule has 0 atom stereocenters. The van der Waals surface area contributed by atoms with E-state index in [9.17, 15) is 4.79 Å². The normalized spacial score (nSPS) is 14.9. The second kappa shape index (κ2) is 9.42. The van der Waals surface area contributed by atoms with Crippen LogP contribution in [0.5, 0.6) is 0 Å². The predicted molar refractivity (Wildman–Crippen MR) is 120 cm³/mol. The zero-order chi connectivity index (χ0) is 20.9. The Morgan fingerprint density at radius 1 is 1.03 bits per heavy atom. The Balaban J connectivity index is 1.48. The third-order valence-corrected chi connectivity index (χ3v) is 5.21. The van der Waals surface area contributed by atoms with Crippen LogP contribution in [-0.4, -0.2) is 50.7 Å². The largest absolute Gasteiger partial charge is 0.378 e. The van der Waals surface area contributed by atoms with E-state index in [2.05, 4.69) is 67.4 Å². The van der Waals surface area contributed by atoms with E-state index >= 15 is 0 Å². The van der Waals surface area contributed by atoms with Gasteiger partial charge >= 0.3 is 0 Å². The Labute approximate surface area is 174 Å². The summed E-state index contributed by atoms with van der Waals surface area (Å²) < 4.78 is 5.39. The fraction of sp³-hybridized carbons (Fsp3) is 0.458. The van der Waals surface area contributed by atoms with Gasteiger partial charge in [0, 0.05) is 31.0 Å². The molecule has 0 spiro atoms. The molecule has 1 fully saturated rings. The highest BCUT2D eigenvalue weighted by Crippen LogP contribution is 2.22. The number of hydrogen-bond acceptors (Lipinski definition) is 4. The molecule has 2 aromatic rings. The van der Waals surface area contributed by atoms with Crippen LogP contribution < -0.4 is 10.2 Å². The number of ether oxygens (including phenoxy) is 1. The lowest BCUT2D eigenvalue weighted by Gasteiger charge is -2.28. The highest BCUT2D eigenvalue weighted by Gasteiger charge is 2.14. The first kappa shape index (κ1) is 21.3. The lowest BCUT2D eigenvalue weighted by atomic mass is 9.87. The molecule has 5 heteroatoms. The van der Waals surface area contributed by atoms with Gasteiger partial charge in [0.2, 0.25) is 5.91 Å². The molecule has 156 valence electrons. The molecule has 2 aromatic carbocycles. The highest BCUT2D eigenvalue weighted by atomic mass is 16.5. The van der Waals surface area contributed by atoms with Crippen molar-refractivity contribution < 1.29 is 9.53 Å². The highest BCUT2D eigenvalue weighted by molar-refractivity contribution is 5.92. The van der Waals surface area contributed by atoms with Crippen LogP contribution in [0.15, 0.2) is 48.5 Å². The summed E-state index contributed by atoms with van der Waals surface area (Å²) in [6.07, 6.45) is 0. The average molecular weight is 396 g/mol. The Morgan fingerprint density at radius 2 is 1.66 bits per heavy atom. The Kier molecular flexibility index (Phi) is 6.93. The van der Waals surface area contributed by atoms with Gasteiger partial charge in [-0.3, -0.25) is 9.69 Å². The maximum atomic E-state index is 12.4. The molecule has 1 heterocycles. The van der Waals surface area contributed by atoms with Crippen molar-refractivity contribution >= 4 is 17.3 Å². The first-order chi connectivity index (χ1) is 13.8. The van der Waals surface area contributed by atoms with Crippen LogP contribution in [0.2, 0.25) is 0 Å². The average Bonchev–Trinajstić information content (AvgIpc) is 2.69. The predicted octanol–water partition coefficient (Wildman–Crippen LogP) is 3.89. The molecule has 0 saturated carbocycles. The van der Waals surface area contributed by atoms with Crippen molar-refractivity contribution in [2.45, 2.75) is 32.7 Å². The standard InChI is InChI=1S/C24H33N3O2/c1-24(2,3)20-7-5-19(6-8-20)17-26(4)18-23(28)25-21-9-11-22(12-10-21)27-13-15-29-16-14-27/h5-12H,13-18H2,1-4H3,(H,25,28). The zero-order valence-electron chi connectivity index (χ0n) is 18.1. The number of nitrogens with zero attached hydrogens (tertiary/aromatic N) is 2. The van der Waals surface area contributed by atoms with Crippen molar-refractivity contribution in [1.29, 1.82) is 0 Å². The maximum absolute atomic E-state index is 12.4. The molecule has 5 nitrogen and oxygen atoms in total. The fourth-order valence-electron chi connectivity index (χ4n) is 3.50. The van der Waals surface area contributed by atoms with Crippen LogP contribution >= 0.6 is 0 Å². The van der Waals surface area contributed by atoms with Gasteiger partial charge in [-0.25, -0.2) is 0 Å². The molecule has 1 N–H and O–H groups in total. The fourth-order valence-corrected chi connectivity index (χ4v) is 3.50. The van der Waals surface area contributed by atoms with Gasteiger partial charge in [0.05, 0.1) is 19.8 Å². The van der Waals surface area contributed by atoms with Gasteiger partial charge in [-0.15, -0.1) is 0 Å². The molecule has 0 bridgehead atoms. The quantitative estimate of drug-likeness (QED) is 0.806. The van der Waals surface area contributed by atoms with Crippen molar-refractivity contribution in [3.8, 4) is 0 Å². The number of carbonyl (C=O) groups is 1. The minimum atomic E-state index is -0.00191. The van der Waals surface area contributed by atoms with E-state index in [-0.39, 0.29) is 11.3 Å². The second-order valence-electron chi connectivity index (χ2n) is 8.81. The van der Waals surface area contributed by atoms with Gasteiger partial charge in [-0.1, -0.05) is 45.0 Å². The number of likely N-dealkylation sites (N-methyl/N-ethyl adjacent to an activating group) is 1. The molecule has 0 aromatic heterocycles. The van der Waals surface area contributed by atoms with Crippen molar-refractivity contribution in [3.05, 3.63) is 59.7 Å². The monoisotopic (exact) mass is 395 g/mol. The van der Waals surface area contributed by atoms with Crippen LogP contribution in [0.3, 0.4) is 0 Å². The van der Waals surface area contributed by atoms with E-state index < -0.39 is 0 Å². The van der Waals surface area contributed by atoms with Gasteiger partial charge in [0.15, 0.2) is 0 Å². The minimum Gasteiger partial charge on any atom is -0.378 e. The summed E-state index contributed by atoms with van der Waals surface area (Å²) >= 11 is 0. The molecule has 29 heavy (non-hydrogen) atoms. The van der Waals surface area contributed by atoms with Gasteiger partial charge in [0.1, 0.15) is 0 Å². The molecule has 0 radical (unpaired) electrons. The number of hydrogen-bond donors (Lipinski definition) is 1. The molecule has 0 aliphatic carbocycles. The van der Waals surface area contributed by atoms with Crippen LogP contribution in [0, 0.1) is 0 Å². The van der Waals surface area contributed by atoms with E-state index in [4.69, 9.17) is 4.74 Å². The van der Waals surface area contributed by atoms with E-state index in [1.54, 1.807) is 0 Å². The first-order valence-corrected chi connectivity index (χ1v) is 10.3. The lowest BCUT2D eigenvalue weighted by Crippen LogP contribution is -2.36. The number of amides is 1. The maximum Gasteiger partial charge on any atom is 0.238 e. The van der Waals surface area contributed by atoms with Crippen molar-refractivity contribution in [3.63, 3.8) is 0 Å². The molecular formula is C24H33N3O2. The topological polar surface area (TPSA) is 44.8 Å². The first-order valence-electron chi connectivity index (χ1n) is 10.3. The third-order valence-electron chi connectivity index (χ3n) is 5.21. The van der Waals surface area contributed by atoms with E-state index in [1.807, 2.05) is 24.1 Å². The minimum absolute atomic E-state index is 0.00191. The van der Waals surface area contributed by atoms with Crippen molar-refractivity contribution in [2.24, 2.45) is 0 Å². The Hall–Kier alpha value is -2.37. The number of carbonyl (C=O) groups excluding carboxylic acids is 1. The van der Waals surface area contributed by atoms with E-state index in [1.165, 1.54) is 16.8 Å². The lowest BCUT2D eigenvalue weighted by molar-refractivity contribution is -0.117. The van der Waals surface area contributed by atoms with Crippen molar-refractivity contribution in [1.82, 2.24) is 4.90 Å². The van der Waals surface area contributed by atoms with Crippen LogP contribution in [0.4, 0.5) is 11.4 Å². The summed E-state index contributed by atoms with van der Waals surface area (Å²) in [5.74, 6) is -0.00191. The SMILES string of the molecule is CN(CC(=O)Nc1ccc(N2CCOCC2)cc1)Cc1ccc(C(C)(C)C)cc1. The van der Waals surface area contributed by atoms with Gasteiger partial charge in [-0.05, 0) is 47.9 Å². The van der Waals surface area contributed by atoms with E-state index in [0.717, 1.165) is 38.5 Å². The molecule has 0 unspecified atom stereocenters. The van der Waals surface area contributed by atoms with Gasteiger partial charge < -0.3 is 15.0 Å². The molecule has 3 rings (SSSR count). The van der Waals surface area contributed by atoms with Crippen LogP contribution in [0.25, 0.3) is 0 Å². The summed E-state index contributed by atoms with van der Waals surface area (Å²) in [6.45, 7) is 11.1. The van der Waals surface area contributed by atoms with Gasteiger partial charge in [-0.2, -0.15) is 0 Å². The van der Waals surface area contributed by atoms with Crippen LogP contribution in [0.1, 0.15) is 31.9 Å². The summed E-state index contributed by atoms with van der Waals surface area (Å²) in [4.78, 5) is 16.7. The summed E-state index contributed by atoms with van der Waals surface area (Å²) in [7, 11) is 1.97. The molecule has 1 aliphatic rings. The van der Waals surface area contributed by atoms with Crippen molar-refractivity contribution in [2.75, 3.05) is 50.1 Å². The summed E-state index contributed by atoms with van der Waals surface area (Å²) in [6, 6.07) is 16.7. The second-order valence-corrected chi connectivity index (χ2v) is 8.81. The number of benzene rings is 2. The molecular weight excluding hydrogens is 362 g/mol. The smallest absolute Gasteiger partial charge is 0.238 e. The number of morpholine rings is 1. The Bertz CT molecular complexity index is 788. The summed E-state index contributed by atoms with van der Waals surface area (Å²) in [5.41, 5.74) is 4.68. The Morgan fingerprint density at radius 3 is 2.24 bits per heavy atom.